The molecule has 3 aromatic heterocycles. The first-order valence-electron chi connectivity index (χ1n) is 8.20. The highest BCUT2D eigenvalue weighted by Gasteiger charge is 2.17. The first-order chi connectivity index (χ1) is 12.1. The highest BCUT2D eigenvalue weighted by Crippen LogP contribution is 2.16. The molecule has 25 heavy (non-hydrogen) atoms. The molecule has 2 N–H and O–H groups in total. The van der Waals surface area contributed by atoms with E-state index in [0.29, 0.717) is 24.4 Å². The summed E-state index contributed by atoms with van der Waals surface area (Å²) in [6.07, 6.45) is 3.56. The fraction of sp³-hybridized carbons (Fsp3) is 0.412. The van der Waals surface area contributed by atoms with Gasteiger partial charge in [-0.15, -0.1) is 0 Å². The summed E-state index contributed by atoms with van der Waals surface area (Å²) in [5, 5.41) is 16.5. The highest BCUT2D eigenvalue weighted by atomic mass is 16.3. The number of hydrogen-bond acceptors (Lipinski definition) is 6. The summed E-state index contributed by atoms with van der Waals surface area (Å²) in [5.41, 5.74) is 1.15. The highest BCUT2D eigenvalue weighted by molar-refractivity contribution is 5.92. The number of rotatable bonds is 7. The number of carbonyl (C=O) groups excluding carboxylic acids is 1. The Kier molecular flexibility index (Phi) is 5.08. The van der Waals surface area contributed by atoms with Crippen LogP contribution in [0, 0.1) is 5.92 Å². The van der Waals surface area contributed by atoms with E-state index in [2.05, 4.69) is 20.4 Å². The van der Waals surface area contributed by atoms with Crippen LogP contribution in [0.3, 0.4) is 0 Å². The van der Waals surface area contributed by atoms with Crippen molar-refractivity contribution in [1.82, 2.24) is 24.9 Å². The van der Waals surface area contributed by atoms with E-state index >= 15 is 0 Å². The molecule has 0 saturated carbocycles. The van der Waals surface area contributed by atoms with Gasteiger partial charge in [-0.3, -0.25) is 4.79 Å². The summed E-state index contributed by atoms with van der Waals surface area (Å²) in [7, 11) is 0. The molecule has 0 aromatic carbocycles. The molecule has 3 rings (SSSR count). The van der Waals surface area contributed by atoms with Gasteiger partial charge in [0.25, 0.3) is 11.7 Å². The number of fused-ring (bicyclic) bond motifs is 1. The average Bonchev–Trinajstić information content (AvgIpc) is 3.28. The number of aromatic nitrogens is 4. The number of nitrogens with one attached hydrogen (secondary N) is 1. The van der Waals surface area contributed by atoms with E-state index in [1.165, 1.54) is 6.33 Å². The molecule has 0 aliphatic carbocycles. The molecule has 0 spiro atoms. The van der Waals surface area contributed by atoms with E-state index in [9.17, 15) is 9.90 Å². The van der Waals surface area contributed by atoms with Crippen LogP contribution >= 0.6 is 0 Å². The third kappa shape index (κ3) is 3.85. The molecular formula is C17H21N5O3. The van der Waals surface area contributed by atoms with Crippen LogP contribution < -0.4 is 5.32 Å². The van der Waals surface area contributed by atoms with Crippen molar-refractivity contribution in [1.29, 1.82) is 0 Å². The predicted molar refractivity (Wildman–Crippen MR) is 90.2 cm³/mol. The Morgan fingerprint density at radius 2 is 2.28 bits per heavy atom. The Labute approximate surface area is 144 Å². The van der Waals surface area contributed by atoms with Gasteiger partial charge in [0, 0.05) is 25.5 Å². The minimum atomic E-state index is -0.301. The van der Waals surface area contributed by atoms with Crippen LogP contribution in [0.25, 0.3) is 5.78 Å². The monoisotopic (exact) mass is 343 g/mol. The number of hydrogen-bond donors (Lipinski definition) is 2. The SMILES string of the molecule is CC(C)c1cc(C(=O)NC[C@@H](CO)Cc2ccco2)nc2ncnn12. The van der Waals surface area contributed by atoms with Gasteiger partial charge in [0.2, 0.25) is 0 Å². The molecule has 0 fully saturated rings. The zero-order valence-electron chi connectivity index (χ0n) is 14.2. The van der Waals surface area contributed by atoms with Gasteiger partial charge in [0.05, 0.1) is 12.0 Å². The molecule has 0 aliphatic rings. The fourth-order valence-electron chi connectivity index (χ4n) is 2.60. The Morgan fingerprint density at radius 3 is 2.96 bits per heavy atom. The van der Waals surface area contributed by atoms with Crippen LogP contribution in [0.4, 0.5) is 0 Å². The molecule has 0 unspecified atom stereocenters. The van der Waals surface area contributed by atoms with Gasteiger partial charge in [-0.2, -0.15) is 10.1 Å². The van der Waals surface area contributed by atoms with E-state index in [1.807, 2.05) is 19.9 Å². The number of aliphatic hydroxyl groups excluding tert-OH is 1. The second kappa shape index (κ2) is 7.43. The molecule has 0 bridgehead atoms. The standard InChI is InChI=1S/C17H21N5O3/c1-11(2)15-7-14(21-17-19-10-20-22(15)17)16(24)18-8-12(9-23)6-13-4-3-5-25-13/h3-5,7,10-12,23H,6,8-9H2,1-2H3,(H,18,24)/t12-/m0/s1. The molecule has 1 amide bonds. The van der Waals surface area contributed by atoms with Gasteiger partial charge < -0.3 is 14.8 Å². The number of furan rings is 1. The van der Waals surface area contributed by atoms with E-state index < -0.39 is 0 Å². The van der Waals surface area contributed by atoms with Crippen LogP contribution in [0.15, 0.2) is 35.2 Å². The largest absolute Gasteiger partial charge is 0.469 e. The first kappa shape index (κ1) is 17.1. The van der Waals surface area contributed by atoms with Crippen LogP contribution in [0.1, 0.15) is 41.7 Å². The summed E-state index contributed by atoms with van der Waals surface area (Å²) < 4.78 is 6.92. The topological polar surface area (TPSA) is 106 Å². The first-order valence-corrected chi connectivity index (χ1v) is 8.20. The molecule has 0 aliphatic heterocycles. The maximum absolute atomic E-state index is 12.5. The molecule has 132 valence electrons. The third-order valence-electron chi connectivity index (χ3n) is 3.98. The number of nitrogens with zero attached hydrogens (tertiary/aromatic N) is 4. The predicted octanol–water partition coefficient (Wildman–Crippen LogP) is 1.42. The van der Waals surface area contributed by atoms with Crippen molar-refractivity contribution in [3.8, 4) is 0 Å². The van der Waals surface area contributed by atoms with Crippen LogP contribution in [-0.2, 0) is 6.42 Å². The molecular weight excluding hydrogens is 322 g/mol. The maximum atomic E-state index is 12.5. The number of aliphatic hydroxyl groups is 1. The lowest BCUT2D eigenvalue weighted by Crippen LogP contribution is -2.32. The van der Waals surface area contributed by atoms with Crippen molar-refractivity contribution in [2.75, 3.05) is 13.2 Å². The quantitative estimate of drug-likeness (QED) is 0.672. The summed E-state index contributed by atoms with van der Waals surface area (Å²) in [5.74, 6) is 0.911. The number of carbonyl (C=O) groups is 1. The van der Waals surface area contributed by atoms with Gasteiger partial charge in [-0.25, -0.2) is 9.50 Å². The lowest BCUT2D eigenvalue weighted by atomic mass is 10.0. The third-order valence-corrected chi connectivity index (χ3v) is 3.98. The van der Waals surface area contributed by atoms with Gasteiger partial charge in [-0.05, 0) is 24.1 Å². The molecule has 1 atom stereocenters. The van der Waals surface area contributed by atoms with E-state index in [0.717, 1.165) is 11.5 Å². The Balaban J connectivity index is 1.71. The van der Waals surface area contributed by atoms with Crippen LogP contribution in [0.5, 0.6) is 0 Å². The lowest BCUT2D eigenvalue weighted by molar-refractivity contribution is 0.0934. The van der Waals surface area contributed by atoms with Gasteiger partial charge in [0.1, 0.15) is 17.8 Å². The van der Waals surface area contributed by atoms with Gasteiger partial charge >= 0.3 is 0 Å². The summed E-state index contributed by atoms with van der Waals surface area (Å²) in [6.45, 7) is 4.31. The Bertz CT molecular complexity index is 841. The molecule has 0 radical (unpaired) electrons. The normalized spacial score (nSPS) is 12.6. The summed E-state index contributed by atoms with van der Waals surface area (Å²) >= 11 is 0. The Hall–Kier alpha value is -2.74. The van der Waals surface area contributed by atoms with Crippen LogP contribution in [0.2, 0.25) is 0 Å². The lowest BCUT2D eigenvalue weighted by Gasteiger charge is -2.14. The minimum Gasteiger partial charge on any atom is -0.469 e. The molecule has 8 nitrogen and oxygen atoms in total. The van der Waals surface area contributed by atoms with Crippen molar-refractivity contribution in [3.05, 3.63) is 47.9 Å². The maximum Gasteiger partial charge on any atom is 0.270 e. The zero-order valence-corrected chi connectivity index (χ0v) is 14.2. The summed E-state index contributed by atoms with van der Waals surface area (Å²) in [4.78, 5) is 20.8. The van der Waals surface area contributed by atoms with Gasteiger partial charge in [0.15, 0.2) is 0 Å². The van der Waals surface area contributed by atoms with E-state index in [4.69, 9.17) is 4.42 Å². The zero-order chi connectivity index (χ0) is 17.8. The second-order valence-corrected chi connectivity index (χ2v) is 6.23. The molecule has 8 heteroatoms. The average molecular weight is 343 g/mol. The van der Waals surface area contributed by atoms with E-state index in [1.54, 1.807) is 22.9 Å². The molecule has 0 saturated heterocycles. The van der Waals surface area contributed by atoms with Crippen molar-refractivity contribution in [2.24, 2.45) is 5.92 Å². The van der Waals surface area contributed by atoms with Crippen LogP contribution in [-0.4, -0.2) is 43.7 Å². The fourth-order valence-corrected chi connectivity index (χ4v) is 2.60. The molecule has 3 heterocycles. The van der Waals surface area contributed by atoms with Crippen molar-refractivity contribution >= 4 is 11.7 Å². The minimum absolute atomic E-state index is 0.0468. The second-order valence-electron chi connectivity index (χ2n) is 6.23. The van der Waals surface area contributed by atoms with E-state index in [-0.39, 0.29) is 24.3 Å². The van der Waals surface area contributed by atoms with Crippen molar-refractivity contribution in [3.63, 3.8) is 0 Å². The Morgan fingerprint density at radius 1 is 1.44 bits per heavy atom. The summed E-state index contributed by atoms with van der Waals surface area (Å²) in [6, 6.07) is 5.37. The van der Waals surface area contributed by atoms with Crippen molar-refractivity contribution < 1.29 is 14.3 Å². The number of amides is 1. The van der Waals surface area contributed by atoms with Crippen molar-refractivity contribution in [2.45, 2.75) is 26.2 Å². The van der Waals surface area contributed by atoms with Gasteiger partial charge in [-0.1, -0.05) is 13.8 Å². The smallest absolute Gasteiger partial charge is 0.270 e. The molecule has 3 aromatic rings.